The molecule has 0 aliphatic carbocycles. The van der Waals surface area contributed by atoms with Gasteiger partial charge in [-0.25, -0.2) is 0 Å². The molecule has 0 unspecified atom stereocenters. The monoisotopic (exact) mass is 320 g/mol. The number of nitrogens with one attached hydrogen (secondary N) is 3. The lowest BCUT2D eigenvalue weighted by atomic mass is 9.99. The van der Waals surface area contributed by atoms with Gasteiger partial charge in [-0.2, -0.15) is 5.10 Å². The van der Waals surface area contributed by atoms with E-state index in [0.717, 1.165) is 48.0 Å². The lowest BCUT2D eigenvalue weighted by molar-refractivity contribution is -0.120. The van der Waals surface area contributed by atoms with Gasteiger partial charge in [0.05, 0.1) is 11.4 Å². The van der Waals surface area contributed by atoms with Crippen molar-refractivity contribution in [1.82, 2.24) is 15.5 Å². The van der Waals surface area contributed by atoms with Gasteiger partial charge >= 0.3 is 0 Å². The quantitative estimate of drug-likeness (QED) is 0.694. The first-order chi connectivity index (χ1) is 11.8. The van der Waals surface area contributed by atoms with Gasteiger partial charge in [-0.1, -0.05) is 36.4 Å². The van der Waals surface area contributed by atoms with Gasteiger partial charge in [0.25, 0.3) is 0 Å². The van der Waals surface area contributed by atoms with Crippen LogP contribution in [0.4, 0.5) is 5.82 Å². The Morgan fingerprint density at radius 2 is 2.00 bits per heavy atom. The number of benzene rings is 2. The van der Waals surface area contributed by atoms with Gasteiger partial charge in [0.1, 0.15) is 0 Å². The van der Waals surface area contributed by atoms with Crippen LogP contribution in [0.2, 0.25) is 0 Å². The van der Waals surface area contributed by atoms with E-state index in [-0.39, 0.29) is 11.8 Å². The molecule has 122 valence electrons. The number of nitrogens with zero attached hydrogens (tertiary/aromatic N) is 1. The Hall–Kier alpha value is -2.66. The first-order valence-electron chi connectivity index (χ1n) is 8.36. The summed E-state index contributed by atoms with van der Waals surface area (Å²) in [6.45, 7) is 1.74. The number of carbonyl (C=O) groups excluding carboxylic acids is 1. The molecule has 3 aromatic rings. The summed E-state index contributed by atoms with van der Waals surface area (Å²) in [4.78, 5) is 12.5. The number of H-pyrrole nitrogens is 1. The van der Waals surface area contributed by atoms with Gasteiger partial charge in [0.2, 0.25) is 5.91 Å². The first kappa shape index (κ1) is 14.9. The maximum Gasteiger partial charge on any atom is 0.229 e. The summed E-state index contributed by atoms with van der Waals surface area (Å²) < 4.78 is 0. The van der Waals surface area contributed by atoms with Crippen LogP contribution in [0.15, 0.2) is 48.5 Å². The van der Waals surface area contributed by atoms with Gasteiger partial charge < -0.3 is 10.6 Å². The predicted molar refractivity (Wildman–Crippen MR) is 95.8 cm³/mol. The minimum atomic E-state index is 0.0165. The van der Waals surface area contributed by atoms with Crippen LogP contribution in [0.25, 0.3) is 22.0 Å². The molecule has 1 aliphatic rings. The van der Waals surface area contributed by atoms with Crippen LogP contribution < -0.4 is 10.6 Å². The maximum atomic E-state index is 12.5. The van der Waals surface area contributed by atoms with Crippen molar-refractivity contribution in [1.29, 1.82) is 0 Å². The molecule has 0 radical (unpaired) electrons. The molecule has 3 N–H and O–H groups in total. The van der Waals surface area contributed by atoms with Crippen molar-refractivity contribution in [3.8, 4) is 11.1 Å². The van der Waals surface area contributed by atoms with Gasteiger partial charge in [-0.3, -0.25) is 9.89 Å². The standard InChI is InChI=1S/C19H20N4O/c24-19(15-7-4-10-20-12-15)21-18-16-11-14(8-9-17(16)22-23-18)13-5-2-1-3-6-13/h1-3,5-6,8-9,11,15,20H,4,7,10,12H2,(H2,21,22,23,24)/t15-/m1/s1. The number of piperidine rings is 1. The Morgan fingerprint density at radius 3 is 2.79 bits per heavy atom. The zero-order valence-corrected chi connectivity index (χ0v) is 13.4. The van der Waals surface area contributed by atoms with E-state index in [9.17, 15) is 4.79 Å². The average molecular weight is 320 g/mol. The summed E-state index contributed by atoms with van der Waals surface area (Å²) in [6, 6.07) is 16.3. The van der Waals surface area contributed by atoms with Crippen molar-refractivity contribution >= 4 is 22.6 Å². The molecule has 1 atom stereocenters. The van der Waals surface area contributed by atoms with Crippen LogP contribution in [-0.4, -0.2) is 29.2 Å². The van der Waals surface area contributed by atoms with Crippen LogP contribution in [-0.2, 0) is 4.79 Å². The van der Waals surface area contributed by atoms with Crippen molar-refractivity contribution < 1.29 is 4.79 Å². The lowest BCUT2D eigenvalue weighted by Gasteiger charge is -2.21. The van der Waals surface area contributed by atoms with Crippen molar-refractivity contribution in [3.05, 3.63) is 48.5 Å². The summed E-state index contributed by atoms with van der Waals surface area (Å²) >= 11 is 0. The first-order valence-corrected chi connectivity index (χ1v) is 8.36. The van der Waals surface area contributed by atoms with E-state index in [2.05, 4.69) is 45.1 Å². The number of hydrogen-bond acceptors (Lipinski definition) is 3. The third kappa shape index (κ3) is 2.90. The highest BCUT2D eigenvalue weighted by Gasteiger charge is 2.22. The van der Waals surface area contributed by atoms with E-state index >= 15 is 0 Å². The molecular formula is C19H20N4O. The number of aromatic amines is 1. The summed E-state index contributed by atoms with van der Waals surface area (Å²) in [5.74, 6) is 0.668. The smallest absolute Gasteiger partial charge is 0.229 e. The SMILES string of the molecule is O=C(Nc1n[nH]c2ccc(-c3ccccc3)cc12)[C@@H]1CCCNC1. The molecule has 4 rings (SSSR count). The number of rotatable bonds is 3. The van der Waals surface area contributed by atoms with E-state index in [1.54, 1.807) is 0 Å². The summed E-state index contributed by atoms with van der Waals surface area (Å²) in [5, 5.41) is 14.5. The molecular weight excluding hydrogens is 300 g/mol. The van der Waals surface area contributed by atoms with Gasteiger partial charge in [0.15, 0.2) is 5.82 Å². The third-order valence-corrected chi connectivity index (χ3v) is 4.58. The van der Waals surface area contributed by atoms with Crippen molar-refractivity contribution in [2.24, 2.45) is 5.92 Å². The second kappa shape index (κ2) is 6.45. The zero-order chi connectivity index (χ0) is 16.4. The Kier molecular flexibility index (Phi) is 4.01. The third-order valence-electron chi connectivity index (χ3n) is 4.58. The van der Waals surface area contributed by atoms with Crippen LogP contribution in [0.5, 0.6) is 0 Å². The van der Waals surface area contributed by atoms with E-state index in [0.29, 0.717) is 5.82 Å². The molecule has 1 saturated heterocycles. The molecule has 2 heterocycles. The fourth-order valence-electron chi connectivity index (χ4n) is 3.21. The molecule has 24 heavy (non-hydrogen) atoms. The topological polar surface area (TPSA) is 69.8 Å². The highest BCUT2D eigenvalue weighted by atomic mass is 16.2. The van der Waals surface area contributed by atoms with E-state index < -0.39 is 0 Å². The maximum absolute atomic E-state index is 12.5. The molecule has 1 aliphatic heterocycles. The molecule has 1 aromatic heterocycles. The van der Waals surface area contributed by atoms with Gasteiger partial charge in [-0.15, -0.1) is 0 Å². The number of amides is 1. The van der Waals surface area contributed by atoms with Crippen LogP contribution in [0.3, 0.4) is 0 Å². The summed E-state index contributed by atoms with van der Waals surface area (Å²) in [6.07, 6.45) is 1.97. The largest absolute Gasteiger partial charge is 0.316 e. The van der Waals surface area contributed by atoms with Crippen LogP contribution >= 0.6 is 0 Å². The van der Waals surface area contributed by atoms with E-state index in [1.807, 2.05) is 24.3 Å². The van der Waals surface area contributed by atoms with Crippen molar-refractivity contribution in [2.45, 2.75) is 12.8 Å². The second-order valence-electron chi connectivity index (χ2n) is 6.23. The number of anilines is 1. The van der Waals surface area contributed by atoms with Gasteiger partial charge in [-0.05, 0) is 42.6 Å². The fourth-order valence-corrected chi connectivity index (χ4v) is 3.21. The fraction of sp³-hybridized carbons (Fsp3) is 0.263. The lowest BCUT2D eigenvalue weighted by Crippen LogP contribution is -2.37. The normalized spacial score (nSPS) is 17.8. The highest BCUT2D eigenvalue weighted by Crippen LogP contribution is 2.28. The second-order valence-corrected chi connectivity index (χ2v) is 6.23. The Balaban J connectivity index is 1.62. The molecule has 5 nitrogen and oxygen atoms in total. The Morgan fingerprint density at radius 1 is 1.12 bits per heavy atom. The van der Waals surface area contributed by atoms with Gasteiger partial charge in [0, 0.05) is 11.9 Å². The van der Waals surface area contributed by atoms with E-state index in [4.69, 9.17) is 0 Å². The molecule has 0 bridgehead atoms. The molecule has 0 spiro atoms. The number of fused-ring (bicyclic) bond motifs is 1. The highest BCUT2D eigenvalue weighted by molar-refractivity contribution is 6.01. The van der Waals surface area contributed by atoms with Crippen LogP contribution in [0.1, 0.15) is 12.8 Å². The summed E-state index contributed by atoms with van der Waals surface area (Å²) in [5.41, 5.74) is 3.18. The number of aromatic nitrogens is 2. The molecule has 2 aromatic carbocycles. The zero-order valence-electron chi connectivity index (χ0n) is 13.4. The minimum Gasteiger partial charge on any atom is -0.316 e. The average Bonchev–Trinajstić information content (AvgIpc) is 3.05. The molecule has 5 heteroatoms. The minimum absolute atomic E-state index is 0.0165. The summed E-state index contributed by atoms with van der Waals surface area (Å²) in [7, 11) is 0. The van der Waals surface area contributed by atoms with Crippen LogP contribution in [0, 0.1) is 5.92 Å². The molecule has 1 fully saturated rings. The molecule has 0 saturated carbocycles. The Bertz CT molecular complexity index is 850. The number of hydrogen-bond donors (Lipinski definition) is 3. The van der Waals surface area contributed by atoms with E-state index in [1.165, 1.54) is 0 Å². The Labute approximate surface area is 140 Å². The van der Waals surface area contributed by atoms with Crippen molar-refractivity contribution in [2.75, 3.05) is 18.4 Å². The van der Waals surface area contributed by atoms with Crippen molar-refractivity contribution in [3.63, 3.8) is 0 Å². The molecule has 1 amide bonds. The number of carbonyl (C=O) groups is 1. The predicted octanol–water partition coefficient (Wildman–Crippen LogP) is 3.17.